The van der Waals surface area contributed by atoms with Crippen LogP contribution < -0.4 is 10.1 Å². The SMILES string of the molecule is CCCOc1cccc(NC(CC)C2CC2)c1. The van der Waals surface area contributed by atoms with Crippen LogP contribution >= 0.6 is 0 Å². The minimum atomic E-state index is 0.636. The summed E-state index contributed by atoms with van der Waals surface area (Å²) in [7, 11) is 0. The van der Waals surface area contributed by atoms with Gasteiger partial charge in [0.1, 0.15) is 5.75 Å². The van der Waals surface area contributed by atoms with E-state index in [-0.39, 0.29) is 0 Å². The van der Waals surface area contributed by atoms with E-state index in [0.29, 0.717) is 6.04 Å². The lowest BCUT2D eigenvalue weighted by Crippen LogP contribution is -2.20. The largest absolute Gasteiger partial charge is 0.494 e. The van der Waals surface area contributed by atoms with Crippen LogP contribution in [0.4, 0.5) is 5.69 Å². The molecule has 1 atom stereocenters. The molecule has 1 fully saturated rings. The molecule has 0 aliphatic heterocycles. The summed E-state index contributed by atoms with van der Waals surface area (Å²) in [4.78, 5) is 0. The molecule has 0 spiro atoms. The van der Waals surface area contributed by atoms with Crippen molar-refractivity contribution in [2.24, 2.45) is 5.92 Å². The molecule has 0 amide bonds. The Morgan fingerprint density at radius 2 is 2.18 bits per heavy atom. The lowest BCUT2D eigenvalue weighted by molar-refractivity contribution is 0.317. The van der Waals surface area contributed by atoms with Gasteiger partial charge in [0.2, 0.25) is 0 Å². The molecule has 1 aromatic rings. The third-order valence-corrected chi connectivity index (χ3v) is 3.29. The van der Waals surface area contributed by atoms with Gasteiger partial charge in [-0.3, -0.25) is 0 Å². The van der Waals surface area contributed by atoms with E-state index in [9.17, 15) is 0 Å². The summed E-state index contributed by atoms with van der Waals surface area (Å²) < 4.78 is 5.65. The maximum absolute atomic E-state index is 5.65. The Bertz CT molecular complexity index is 347. The van der Waals surface area contributed by atoms with Gasteiger partial charge in [0.15, 0.2) is 0 Å². The number of ether oxygens (including phenoxy) is 1. The van der Waals surface area contributed by atoms with Crippen LogP contribution in [0.25, 0.3) is 0 Å². The van der Waals surface area contributed by atoms with Crippen LogP contribution in [-0.2, 0) is 0 Å². The van der Waals surface area contributed by atoms with Gasteiger partial charge in [0, 0.05) is 17.8 Å². The summed E-state index contributed by atoms with van der Waals surface area (Å²) in [6, 6.07) is 8.97. The Balaban J connectivity index is 1.94. The molecule has 1 N–H and O–H groups in total. The van der Waals surface area contributed by atoms with Gasteiger partial charge in [0.05, 0.1) is 6.61 Å². The molecule has 1 aromatic carbocycles. The first kappa shape index (κ1) is 12.3. The third kappa shape index (κ3) is 3.65. The fourth-order valence-corrected chi connectivity index (χ4v) is 2.16. The Kier molecular flexibility index (Phi) is 4.29. The molecule has 0 heterocycles. The van der Waals surface area contributed by atoms with E-state index in [2.05, 4.69) is 37.4 Å². The first-order valence-electron chi connectivity index (χ1n) is 6.83. The quantitative estimate of drug-likeness (QED) is 0.766. The second kappa shape index (κ2) is 5.95. The smallest absolute Gasteiger partial charge is 0.121 e. The van der Waals surface area contributed by atoms with Crippen molar-refractivity contribution in [3.05, 3.63) is 24.3 Å². The highest BCUT2D eigenvalue weighted by Crippen LogP contribution is 2.35. The monoisotopic (exact) mass is 233 g/mol. The van der Waals surface area contributed by atoms with Crippen molar-refractivity contribution in [3.63, 3.8) is 0 Å². The second-order valence-electron chi connectivity index (χ2n) is 4.87. The predicted molar refractivity (Wildman–Crippen MR) is 72.7 cm³/mol. The van der Waals surface area contributed by atoms with E-state index in [4.69, 9.17) is 4.74 Å². The van der Waals surface area contributed by atoms with Crippen molar-refractivity contribution < 1.29 is 4.74 Å². The van der Waals surface area contributed by atoms with Gasteiger partial charge in [0.25, 0.3) is 0 Å². The van der Waals surface area contributed by atoms with Crippen molar-refractivity contribution in [3.8, 4) is 5.75 Å². The highest BCUT2D eigenvalue weighted by atomic mass is 16.5. The lowest BCUT2D eigenvalue weighted by atomic mass is 10.1. The van der Waals surface area contributed by atoms with E-state index in [0.717, 1.165) is 24.7 Å². The van der Waals surface area contributed by atoms with Crippen LogP contribution in [0.1, 0.15) is 39.5 Å². The third-order valence-electron chi connectivity index (χ3n) is 3.29. The lowest BCUT2D eigenvalue weighted by Gasteiger charge is -2.18. The van der Waals surface area contributed by atoms with Gasteiger partial charge in [-0.05, 0) is 43.7 Å². The van der Waals surface area contributed by atoms with Crippen LogP contribution in [0.3, 0.4) is 0 Å². The molecule has 1 aliphatic carbocycles. The molecule has 94 valence electrons. The van der Waals surface area contributed by atoms with Crippen LogP contribution in [0.2, 0.25) is 0 Å². The molecule has 2 nitrogen and oxygen atoms in total. The van der Waals surface area contributed by atoms with Gasteiger partial charge in [-0.2, -0.15) is 0 Å². The Labute approximate surface area is 104 Å². The fraction of sp³-hybridized carbons (Fsp3) is 0.600. The summed E-state index contributed by atoms with van der Waals surface area (Å²) in [5.74, 6) is 1.86. The number of nitrogens with one attached hydrogen (secondary N) is 1. The maximum Gasteiger partial charge on any atom is 0.121 e. The van der Waals surface area contributed by atoms with Crippen LogP contribution in [0.15, 0.2) is 24.3 Å². The average molecular weight is 233 g/mol. The molecule has 0 bridgehead atoms. The zero-order chi connectivity index (χ0) is 12.1. The summed E-state index contributed by atoms with van der Waals surface area (Å²) in [6.45, 7) is 5.18. The second-order valence-corrected chi connectivity index (χ2v) is 4.87. The summed E-state index contributed by atoms with van der Waals surface area (Å²) in [5, 5.41) is 3.63. The van der Waals surface area contributed by atoms with E-state index in [1.807, 2.05) is 6.07 Å². The zero-order valence-electron chi connectivity index (χ0n) is 10.9. The van der Waals surface area contributed by atoms with E-state index in [1.54, 1.807) is 0 Å². The van der Waals surface area contributed by atoms with E-state index >= 15 is 0 Å². The highest BCUT2D eigenvalue weighted by Gasteiger charge is 2.29. The molecule has 0 radical (unpaired) electrons. The van der Waals surface area contributed by atoms with Gasteiger partial charge >= 0.3 is 0 Å². The standard InChI is InChI=1S/C15H23NO/c1-3-10-17-14-7-5-6-13(11-14)16-15(4-2)12-8-9-12/h5-7,11-12,15-16H,3-4,8-10H2,1-2H3. The van der Waals surface area contributed by atoms with Gasteiger partial charge in [-0.25, -0.2) is 0 Å². The Morgan fingerprint density at radius 1 is 1.35 bits per heavy atom. The highest BCUT2D eigenvalue weighted by molar-refractivity contribution is 5.49. The van der Waals surface area contributed by atoms with Crippen molar-refractivity contribution in [1.29, 1.82) is 0 Å². The Hall–Kier alpha value is -1.18. The zero-order valence-corrected chi connectivity index (χ0v) is 10.9. The maximum atomic E-state index is 5.65. The molecule has 1 aliphatic rings. The minimum absolute atomic E-state index is 0.636. The van der Waals surface area contributed by atoms with E-state index < -0.39 is 0 Å². The van der Waals surface area contributed by atoms with Gasteiger partial charge < -0.3 is 10.1 Å². The molecule has 2 rings (SSSR count). The summed E-state index contributed by atoms with van der Waals surface area (Å²) in [5.41, 5.74) is 1.19. The normalized spacial score (nSPS) is 16.6. The number of rotatable bonds is 7. The Morgan fingerprint density at radius 3 is 2.82 bits per heavy atom. The van der Waals surface area contributed by atoms with Crippen molar-refractivity contribution in [1.82, 2.24) is 0 Å². The van der Waals surface area contributed by atoms with E-state index in [1.165, 1.54) is 24.9 Å². The number of anilines is 1. The van der Waals surface area contributed by atoms with Crippen molar-refractivity contribution >= 4 is 5.69 Å². The van der Waals surface area contributed by atoms with Gasteiger partial charge in [-0.15, -0.1) is 0 Å². The summed E-state index contributed by atoms with van der Waals surface area (Å²) in [6.07, 6.45) is 5.02. The molecule has 17 heavy (non-hydrogen) atoms. The van der Waals surface area contributed by atoms with Crippen LogP contribution in [0.5, 0.6) is 5.75 Å². The van der Waals surface area contributed by atoms with Crippen LogP contribution in [0, 0.1) is 5.92 Å². The fourth-order valence-electron chi connectivity index (χ4n) is 2.16. The molecular formula is C15H23NO. The first-order valence-corrected chi connectivity index (χ1v) is 6.83. The molecule has 2 heteroatoms. The van der Waals surface area contributed by atoms with Crippen molar-refractivity contribution in [2.75, 3.05) is 11.9 Å². The summed E-state index contributed by atoms with van der Waals surface area (Å²) >= 11 is 0. The van der Waals surface area contributed by atoms with Crippen molar-refractivity contribution in [2.45, 2.75) is 45.6 Å². The molecule has 1 unspecified atom stereocenters. The predicted octanol–water partition coefficient (Wildman–Crippen LogP) is 4.08. The topological polar surface area (TPSA) is 21.3 Å². The molecule has 1 saturated carbocycles. The van der Waals surface area contributed by atoms with Gasteiger partial charge in [-0.1, -0.05) is 19.9 Å². The average Bonchev–Trinajstić information content (AvgIpc) is 3.18. The molecule has 0 saturated heterocycles. The molecular weight excluding hydrogens is 210 g/mol. The van der Waals surface area contributed by atoms with Crippen LogP contribution in [-0.4, -0.2) is 12.6 Å². The molecule has 0 aromatic heterocycles. The number of hydrogen-bond donors (Lipinski definition) is 1. The number of hydrogen-bond acceptors (Lipinski definition) is 2. The minimum Gasteiger partial charge on any atom is -0.494 e. The number of benzene rings is 1. The first-order chi connectivity index (χ1) is 8.33.